The lowest BCUT2D eigenvalue weighted by molar-refractivity contribution is -0.120. The van der Waals surface area contributed by atoms with Crippen LogP contribution in [0.15, 0.2) is 42.7 Å². The molecule has 2 amide bonds. The van der Waals surface area contributed by atoms with E-state index in [0.717, 1.165) is 31.7 Å². The normalized spacial score (nSPS) is 12.0. The summed E-state index contributed by atoms with van der Waals surface area (Å²) in [6.07, 6.45) is 3.64. The van der Waals surface area contributed by atoms with Crippen LogP contribution in [0.2, 0.25) is 0 Å². The van der Waals surface area contributed by atoms with Crippen molar-refractivity contribution in [2.45, 2.75) is 39.8 Å². The van der Waals surface area contributed by atoms with Crippen LogP contribution < -0.4 is 10.6 Å². The fourth-order valence-corrected chi connectivity index (χ4v) is 2.91. The molecule has 0 saturated heterocycles. The molecule has 1 aromatic heterocycles. The zero-order valence-electron chi connectivity index (χ0n) is 16.3. The van der Waals surface area contributed by atoms with E-state index >= 15 is 0 Å². The maximum Gasteiger partial charge on any atom is 0.226 e. The zero-order chi connectivity index (χ0) is 19.6. The quantitative estimate of drug-likeness (QED) is 0.672. The molecule has 27 heavy (non-hydrogen) atoms. The number of nitrogens with zero attached hydrogens (tertiary/aromatic N) is 3. The van der Waals surface area contributed by atoms with Crippen molar-refractivity contribution in [2.24, 2.45) is 0 Å². The summed E-state index contributed by atoms with van der Waals surface area (Å²) in [5.74, 6) is -0.332. The molecule has 1 unspecified atom stereocenters. The number of carbonyl (C=O) groups excluding carboxylic acids is 2. The summed E-state index contributed by atoms with van der Waals surface area (Å²) in [6, 6.07) is 9.13. The summed E-state index contributed by atoms with van der Waals surface area (Å²) >= 11 is 0. The maximum atomic E-state index is 12.4. The molecule has 2 aromatic rings. The molecule has 1 aromatic carbocycles. The van der Waals surface area contributed by atoms with Crippen molar-refractivity contribution in [1.29, 1.82) is 0 Å². The number of benzene rings is 1. The first-order chi connectivity index (χ1) is 13.0. The van der Waals surface area contributed by atoms with Crippen molar-refractivity contribution in [3.8, 4) is 0 Å². The minimum Gasteiger partial charge on any atom is -0.349 e. The van der Waals surface area contributed by atoms with Gasteiger partial charge in [0.05, 0.1) is 30.9 Å². The number of hydrogen-bond acceptors (Lipinski definition) is 4. The van der Waals surface area contributed by atoms with Crippen molar-refractivity contribution in [1.82, 2.24) is 20.0 Å². The second-order valence-electron chi connectivity index (χ2n) is 6.44. The lowest BCUT2D eigenvalue weighted by Crippen LogP contribution is -2.29. The number of carbonyl (C=O) groups is 2. The number of amides is 2. The number of likely N-dealkylation sites (N-methyl/N-ethyl adjacent to an activating group) is 1. The molecular weight excluding hydrogens is 342 g/mol. The Hall–Kier alpha value is -2.67. The maximum absolute atomic E-state index is 12.4. The third-order valence-corrected chi connectivity index (χ3v) is 4.43. The summed E-state index contributed by atoms with van der Waals surface area (Å²) in [4.78, 5) is 26.2. The molecule has 0 saturated carbocycles. The number of aromatic nitrogens is 2. The van der Waals surface area contributed by atoms with Gasteiger partial charge in [-0.15, -0.1) is 0 Å². The molecule has 0 spiro atoms. The van der Waals surface area contributed by atoms with Gasteiger partial charge in [0.1, 0.15) is 0 Å². The van der Waals surface area contributed by atoms with Crippen LogP contribution in [-0.4, -0.2) is 46.1 Å². The summed E-state index contributed by atoms with van der Waals surface area (Å²) in [5, 5.41) is 10.0. The Balaban J connectivity index is 1.92. The van der Waals surface area contributed by atoms with Crippen LogP contribution in [0, 0.1) is 0 Å². The third kappa shape index (κ3) is 6.86. The van der Waals surface area contributed by atoms with Crippen LogP contribution in [0.25, 0.3) is 0 Å². The average molecular weight is 371 g/mol. The van der Waals surface area contributed by atoms with Crippen molar-refractivity contribution >= 4 is 17.5 Å². The van der Waals surface area contributed by atoms with E-state index < -0.39 is 0 Å². The number of nitrogens with one attached hydrogen (secondary N) is 2. The van der Waals surface area contributed by atoms with Gasteiger partial charge in [-0.1, -0.05) is 44.2 Å². The molecule has 7 nitrogen and oxygen atoms in total. The van der Waals surface area contributed by atoms with E-state index in [2.05, 4.69) is 34.5 Å². The standard InChI is InChI=1S/C20H29N5O2/c1-4-24(5-2)11-12-25-15-18(14-21-25)23-20(27)13-19(22-16(3)26)17-9-7-6-8-10-17/h6-10,14-15,19H,4-5,11-13H2,1-3H3,(H,22,26)(H,23,27). The van der Waals surface area contributed by atoms with Gasteiger partial charge in [-0.05, 0) is 18.7 Å². The third-order valence-electron chi connectivity index (χ3n) is 4.43. The van der Waals surface area contributed by atoms with Crippen molar-refractivity contribution < 1.29 is 9.59 Å². The molecule has 0 radical (unpaired) electrons. The van der Waals surface area contributed by atoms with E-state index in [1.165, 1.54) is 6.92 Å². The first kappa shape index (κ1) is 20.6. The lowest BCUT2D eigenvalue weighted by Gasteiger charge is -2.18. The molecule has 0 bridgehead atoms. The Bertz CT molecular complexity index is 725. The van der Waals surface area contributed by atoms with Gasteiger partial charge in [-0.2, -0.15) is 5.10 Å². The van der Waals surface area contributed by atoms with Gasteiger partial charge in [0, 0.05) is 19.7 Å². The molecule has 7 heteroatoms. The van der Waals surface area contributed by atoms with Crippen LogP contribution in [0.4, 0.5) is 5.69 Å². The monoisotopic (exact) mass is 371 g/mol. The van der Waals surface area contributed by atoms with E-state index in [9.17, 15) is 9.59 Å². The van der Waals surface area contributed by atoms with E-state index in [0.29, 0.717) is 5.69 Å². The zero-order valence-corrected chi connectivity index (χ0v) is 16.3. The van der Waals surface area contributed by atoms with Gasteiger partial charge in [0.2, 0.25) is 11.8 Å². The molecule has 0 aliphatic heterocycles. The van der Waals surface area contributed by atoms with Gasteiger partial charge in [-0.25, -0.2) is 0 Å². The molecule has 1 heterocycles. The van der Waals surface area contributed by atoms with Gasteiger partial charge in [0.25, 0.3) is 0 Å². The Morgan fingerprint density at radius 3 is 2.52 bits per heavy atom. The highest BCUT2D eigenvalue weighted by molar-refractivity contribution is 5.91. The number of rotatable bonds is 10. The average Bonchev–Trinajstić information content (AvgIpc) is 3.09. The molecule has 0 aliphatic rings. The van der Waals surface area contributed by atoms with Crippen molar-refractivity contribution in [3.05, 3.63) is 48.3 Å². The van der Waals surface area contributed by atoms with Gasteiger partial charge in [0.15, 0.2) is 0 Å². The SMILES string of the molecule is CCN(CC)CCn1cc(NC(=O)CC(NC(C)=O)c2ccccc2)cn1. The minimum atomic E-state index is -0.360. The van der Waals surface area contributed by atoms with Crippen molar-refractivity contribution in [3.63, 3.8) is 0 Å². The highest BCUT2D eigenvalue weighted by Crippen LogP contribution is 2.17. The number of anilines is 1. The summed E-state index contributed by atoms with van der Waals surface area (Å²) in [6.45, 7) is 9.42. The highest BCUT2D eigenvalue weighted by Gasteiger charge is 2.17. The molecule has 146 valence electrons. The number of hydrogen-bond donors (Lipinski definition) is 2. The first-order valence-corrected chi connectivity index (χ1v) is 9.38. The largest absolute Gasteiger partial charge is 0.349 e. The molecule has 1 atom stereocenters. The van der Waals surface area contributed by atoms with Crippen LogP contribution in [0.5, 0.6) is 0 Å². The Labute approximate surface area is 160 Å². The van der Waals surface area contributed by atoms with Gasteiger partial charge >= 0.3 is 0 Å². The van der Waals surface area contributed by atoms with Gasteiger partial charge in [-0.3, -0.25) is 14.3 Å². The fraction of sp³-hybridized carbons (Fsp3) is 0.450. The molecular formula is C20H29N5O2. The van der Waals surface area contributed by atoms with E-state index in [4.69, 9.17) is 0 Å². The topological polar surface area (TPSA) is 79.3 Å². The van der Waals surface area contributed by atoms with E-state index in [-0.39, 0.29) is 24.3 Å². The predicted molar refractivity (Wildman–Crippen MR) is 106 cm³/mol. The fourth-order valence-electron chi connectivity index (χ4n) is 2.91. The summed E-state index contributed by atoms with van der Waals surface area (Å²) in [5.41, 5.74) is 1.56. The Kier molecular flexibility index (Phi) is 8.00. The van der Waals surface area contributed by atoms with Gasteiger partial charge < -0.3 is 15.5 Å². The van der Waals surface area contributed by atoms with E-state index in [1.807, 2.05) is 41.2 Å². The van der Waals surface area contributed by atoms with Crippen LogP contribution in [0.1, 0.15) is 38.8 Å². The van der Waals surface area contributed by atoms with Crippen LogP contribution in [0.3, 0.4) is 0 Å². The Morgan fingerprint density at radius 2 is 1.89 bits per heavy atom. The van der Waals surface area contributed by atoms with E-state index in [1.54, 1.807) is 6.20 Å². The van der Waals surface area contributed by atoms with Crippen LogP contribution >= 0.6 is 0 Å². The minimum absolute atomic E-state index is 0.161. The molecule has 0 fully saturated rings. The first-order valence-electron chi connectivity index (χ1n) is 9.38. The Morgan fingerprint density at radius 1 is 1.19 bits per heavy atom. The second-order valence-corrected chi connectivity index (χ2v) is 6.44. The summed E-state index contributed by atoms with van der Waals surface area (Å²) in [7, 11) is 0. The lowest BCUT2D eigenvalue weighted by atomic mass is 10.0. The highest BCUT2D eigenvalue weighted by atomic mass is 16.2. The van der Waals surface area contributed by atoms with Crippen molar-refractivity contribution in [2.75, 3.05) is 25.0 Å². The smallest absolute Gasteiger partial charge is 0.226 e. The molecule has 2 rings (SSSR count). The predicted octanol–water partition coefficient (Wildman–Crippen LogP) is 2.43. The molecule has 2 N–H and O–H groups in total. The second kappa shape index (κ2) is 10.5. The summed E-state index contributed by atoms with van der Waals surface area (Å²) < 4.78 is 1.83. The van der Waals surface area contributed by atoms with Crippen LogP contribution in [-0.2, 0) is 16.1 Å². The molecule has 0 aliphatic carbocycles.